The van der Waals surface area contributed by atoms with E-state index in [-0.39, 0.29) is 5.56 Å². The van der Waals surface area contributed by atoms with E-state index < -0.39 is 41.5 Å². The fourth-order valence-electron chi connectivity index (χ4n) is 2.83. The molecule has 0 aromatic heterocycles. The number of sulfonamides is 1. The lowest BCUT2D eigenvalue weighted by molar-refractivity contribution is 0.517. The summed E-state index contributed by atoms with van der Waals surface area (Å²) in [6.07, 6.45) is 0.984. The first-order valence-electron chi connectivity index (χ1n) is 7.41. The van der Waals surface area contributed by atoms with Crippen molar-refractivity contribution in [2.24, 2.45) is 9.98 Å². The van der Waals surface area contributed by atoms with Gasteiger partial charge in [-0.2, -0.15) is 0 Å². The van der Waals surface area contributed by atoms with Gasteiger partial charge in [0, 0.05) is 24.8 Å². The molecule has 11 heteroatoms. The quantitative estimate of drug-likeness (QED) is 0.685. The number of aliphatic imine (C=N–C) groups is 2. The molecule has 2 atom stereocenters. The molecule has 1 aromatic rings. The fraction of sp³-hybridized carbons (Fsp3) is 0.333. The minimum absolute atomic E-state index is 0.270. The molecule has 7 nitrogen and oxygen atoms in total. The molecular formula is C15H15BrFN3O4S2. The van der Waals surface area contributed by atoms with Crippen molar-refractivity contribution < 1.29 is 21.2 Å². The number of nitrogens with zero attached hydrogens (tertiary/aromatic N) is 3. The molecule has 0 fully saturated rings. The second-order valence-electron chi connectivity index (χ2n) is 6.06. The molecule has 1 aromatic carbocycles. The Kier molecular flexibility index (Phi) is 4.70. The number of hydrogen-bond acceptors (Lipinski definition) is 6. The standard InChI is InChI=1S/C15H15BrFN3O4S2/c1-8-13(16)10-5-4-9(17)6-11(10)14(8)25(21,22)15-18-7-12(19-15)26(23,24)20(2)3/h4-7,12,14H,1-3H3. The number of halogens is 2. The summed E-state index contributed by atoms with van der Waals surface area (Å²) in [7, 11) is -5.34. The first kappa shape index (κ1) is 19.3. The molecule has 3 rings (SSSR count). The summed E-state index contributed by atoms with van der Waals surface area (Å²) in [5, 5.41) is -3.16. The van der Waals surface area contributed by atoms with Gasteiger partial charge >= 0.3 is 0 Å². The van der Waals surface area contributed by atoms with Crippen LogP contribution in [0.1, 0.15) is 23.3 Å². The molecule has 1 aliphatic carbocycles. The Morgan fingerprint density at radius 1 is 1.19 bits per heavy atom. The van der Waals surface area contributed by atoms with Crippen LogP contribution in [0.5, 0.6) is 0 Å². The minimum Gasteiger partial charge on any atom is -0.229 e. The zero-order valence-corrected chi connectivity index (χ0v) is 17.2. The van der Waals surface area contributed by atoms with Gasteiger partial charge in [0.1, 0.15) is 11.1 Å². The Labute approximate surface area is 159 Å². The van der Waals surface area contributed by atoms with E-state index in [1.54, 1.807) is 6.92 Å². The van der Waals surface area contributed by atoms with E-state index in [9.17, 15) is 21.2 Å². The van der Waals surface area contributed by atoms with Crippen molar-refractivity contribution in [1.29, 1.82) is 0 Å². The van der Waals surface area contributed by atoms with Crippen LogP contribution in [0.4, 0.5) is 4.39 Å². The Bertz CT molecular complexity index is 1090. The number of fused-ring (bicyclic) bond motifs is 1. The van der Waals surface area contributed by atoms with E-state index in [1.807, 2.05) is 0 Å². The number of benzene rings is 1. The van der Waals surface area contributed by atoms with Crippen molar-refractivity contribution in [3.63, 3.8) is 0 Å². The fourth-order valence-corrected chi connectivity index (χ4v) is 6.31. The van der Waals surface area contributed by atoms with E-state index in [1.165, 1.54) is 26.2 Å². The molecule has 0 saturated carbocycles. The summed E-state index contributed by atoms with van der Waals surface area (Å²) in [6.45, 7) is 1.61. The molecule has 1 heterocycles. The van der Waals surface area contributed by atoms with E-state index in [0.717, 1.165) is 16.6 Å². The number of amidine groups is 1. The molecule has 1 aliphatic heterocycles. The molecule has 0 N–H and O–H groups in total. The van der Waals surface area contributed by atoms with Crippen molar-refractivity contribution in [1.82, 2.24) is 4.31 Å². The molecule has 140 valence electrons. The zero-order valence-electron chi connectivity index (χ0n) is 14.0. The van der Waals surface area contributed by atoms with Crippen molar-refractivity contribution in [2.45, 2.75) is 17.5 Å². The number of hydrogen-bond donors (Lipinski definition) is 0. The second-order valence-corrected chi connectivity index (χ2v) is 11.0. The van der Waals surface area contributed by atoms with Gasteiger partial charge in [0.05, 0.1) is 0 Å². The third kappa shape index (κ3) is 2.86. The van der Waals surface area contributed by atoms with Gasteiger partial charge in [0.15, 0.2) is 0 Å². The smallest absolute Gasteiger partial charge is 0.229 e. The van der Waals surface area contributed by atoms with Gasteiger partial charge in [-0.15, -0.1) is 0 Å². The van der Waals surface area contributed by atoms with Crippen molar-refractivity contribution in [2.75, 3.05) is 14.1 Å². The summed E-state index contributed by atoms with van der Waals surface area (Å²) in [4.78, 5) is 7.53. The van der Waals surface area contributed by atoms with Crippen LogP contribution in [0, 0.1) is 5.82 Å². The van der Waals surface area contributed by atoms with Crippen LogP contribution in [0.3, 0.4) is 0 Å². The highest BCUT2D eigenvalue weighted by Gasteiger charge is 2.43. The minimum atomic E-state index is -4.16. The Morgan fingerprint density at radius 2 is 1.85 bits per heavy atom. The third-order valence-corrected chi connectivity index (χ3v) is 9.06. The van der Waals surface area contributed by atoms with E-state index in [4.69, 9.17) is 0 Å². The van der Waals surface area contributed by atoms with Gasteiger partial charge in [-0.1, -0.05) is 22.0 Å². The maximum absolute atomic E-state index is 13.7. The molecule has 0 bridgehead atoms. The highest BCUT2D eigenvalue weighted by molar-refractivity contribution is 9.15. The Balaban J connectivity index is 2.09. The zero-order chi connectivity index (χ0) is 19.4. The number of rotatable bonds is 3. The lowest BCUT2D eigenvalue weighted by atomic mass is 10.1. The summed E-state index contributed by atoms with van der Waals surface area (Å²) in [6, 6.07) is 3.89. The summed E-state index contributed by atoms with van der Waals surface area (Å²) in [5.74, 6) is -0.566. The maximum atomic E-state index is 13.7. The lowest BCUT2D eigenvalue weighted by Gasteiger charge is -2.15. The van der Waals surface area contributed by atoms with Crippen molar-refractivity contribution >= 4 is 51.7 Å². The Morgan fingerprint density at radius 3 is 2.46 bits per heavy atom. The van der Waals surface area contributed by atoms with Crippen LogP contribution in [0.15, 0.2) is 33.8 Å². The molecule has 26 heavy (non-hydrogen) atoms. The molecule has 0 radical (unpaired) electrons. The van der Waals surface area contributed by atoms with Crippen molar-refractivity contribution in [3.8, 4) is 0 Å². The maximum Gasteiger partial charge on any atom is 0.244 e. The van der Waals surface area contributed by atoms with Crippen LogP contribution >= 0.6 is 15.9 Å². The highest BCUT2D eigenvalue weighted by atomic mass is 79.9. The molecule has 0 saturated heterocycles. The normalized spacial score (nSPS) is 22.9. The Hall–Kier alpha value is -1.43. The van der Waals surface area contributed by atoms with Crippen LogP contribution in [-0.2, 0) is 19.9 Å². The van der Waals surface area contributed by atoms with Gasteiger partial charge in [-0.25, -0.2) is 35.5 Å². The van der Waals surface area contributed by atoms with E-state index >= 15 is 0 Å². The summed E-state index contributed by atoms with van der Waals surface area (Å²) >= 11 is 3.34. The third-order valence-electron chi connectivity index (χ3n) is 4.20. The summed E-state index contributed by atoms with van der Waals surface area (Å²) < 4.78 is 65.7. The predicted molar refractivity (Wildman–Crippen MR) is 102 cm³/mol. The van der Waals surface area contributed by atoms with Crippen LogP contribution in [0.25, 0.3) is 4.48 Å². The molecule has 0 spiro atoms. The van der Waals surface area contributed by atoms with E-state index in [0.29, 0.717) is 15.6 Å². The number of sulfone groups is 1. The monoisotopic (exact) mass is 463 g/mol. The molecular weight excluding hydrogens is 449 g/mol. The van der Waals surface area contributed by atoms with Gasteiger partial charge < -0.3 is 0 Å². The van der Waals surface area contributed by atoms with Crippen molar-refractivity contribution in [3.05, 3.63) is 40.7 Å². The van der Waals surface area contributed by atoms with Crippen LogP contribution in [-0.4, -0.2) is 52.0 Å². The summed E-state index contributed by atoms with van der Waals surface area (Å²) in [5.41, 5.74) is 1.30. The predicted octanol–water partition coefficient (Wildman–Crippen LogP) is 2.08. The topological polar surface area (TPSA) is 96.2 Å². The molecule has 2 unspecified atom stereocenters. The van der Waals surface area contributed by atoms with Crippen LogP contribution in [0.2, 0.25) is 0 Å². The van der Waals surface area contributed by atoms with Crippen LogP contribution < -0.4 is 0 Å². The van der Waals surface area contributed by atoms with Gasteiger partial charge in [0.2, 0.25) is 30.4 Å². The highest BCUT2D eigenvalue weighted by Crippen LogP contribution is 2.48. The SMILES string of the molecule is CC1=C(Br)c2ccc(F)cc2C1S(=O)(=O)C1=NC(S(=O)(=O)N(C)C)C=N1. The van der Waals surface area contributed by atoms with Gasteiger partial charge in [0.25, 0.3) is 0 Å². The molecule has 2 aliphatic rings. The first-order chi connectivity index (χ1) is 12.0. The largest absolute Gasteiger partial charge is 0.244 e. The first-order valence-corrected chi connectivity index (χ1v) is 11.3. The molecule has 0 amide bonds. The van der Waals surface area contributed by atoms with Gasteiger partial charge in [-0.3, -0.25) is 0 Å². The average Bonchev–Trinajstić information content (AvgIpc) is 3.13. The second kappa shape index (κ2) is 6.32. The van der Waals surface area contributed by atoms with E-state index in [2.05, 4.69) is 25.9 Å². The van der Waals surface area contributed by atoms with Gasteiger partial charge in [-0.05, 0) is 35.8 Å². The average molecular weight is 464 g/mol. The lowest BCUT2D eigenvalue weighted by Crippen LogP contribution is -2.32.